The Kier molecular flexibility index (Phi) is 6.31. The van der Waals surface area contributed by atoms with Gasteiger partial charge in [0.15, 0.2) is 0 Å². The maximum atomic E-state index is 13.4. The largest absolute Gasteiger partial charge is 0.422 e. The van der Waals surface area contributed by atoms with Crippen LogP contribution in [0.2, 0.25) is 0 Å². The number of nitrogens with one attached hydrogen (secondary N) is 1. The SMILES string of the molecule is Cc1cc2oc(=O)c(CC(=O)Nc3ccc(F)cc3C(F)(F)F)c(-c3ccccc3)c2cc1Br. The molecule has 9 heteroatoms. The molecule has 1 amide bonds. The molecule has 0 unspecified atom stereocenters. The quantitative estimate of drug-likeness (QED) is 0.230. The molecule has 1 heterocycles. The first-order valence-corrected chi connectivity index (χ1v) is 10.8. The first kappa shape index (κ1) is 23.7. The Morgan fingerprint density at radius 2 is 1.76 bits per heavy atom. The molecule has 1 aromatic heterocycles. The van der Waals surface area contributed by atoms with Crippen LogP contribution < -0.4 is 10.9 Å². The lowest BCUT2D eigenvalue weighted by atomic mass is 9.94. The van der Waals surface area contributed by atoms with Crippen molar-refractivity contribution in [3.05, 3.63) is 98.1 Å². The third-order valence-electron chi connectivity index (χ3n) is 5.24. The van der Waals surface area contributed by atoms with Crippen LogP contribution in [0.25, 0.3) is 22.1 Å². The van der Waals surface area contributed by atoms with Crippen LogP contribution in [-0.4, -0.2) is 5.91 Å². The van der Waals surface area contributed by atoms with Gasteiger partial charge in [0.25, 0.3) is 0 Å². The lowest BCUT2D eigenvalue weighted by molar-refractivity contribution is -0.137. The predicted octanol–water partition coefficient (Wildman–Crippen LogP) is 6.87. The van der Waals surface area contributed by atoms with E-state index < -0.39 is 41.2 Å². The normalized spacial score (nSPS) is 11.6. The van der Waals surface area contributed by atoms with Crippen LogP contribution in [-0.2, 0) is 17.4 Å². The van der Waals surface area contributed by atoms with Crippen molar-refractivity contribution in [2.75, 3.05) is 5.32 Å². The van der Waals surface area contributed by atoms with E-state index in [1.807, 2.05) is 6.92 Å². The molecule has 0 radical (unpaired) electrons. The highest BCUT2D eigenvalue weighted by Gasteiger charge is 2.34. The van der Waals surface area contributed by atoms with Crippen molar-refractivity contribution in [2.45, 2.75) is 19.5 Å². The van der Waals surface area contributed by atoms with Crippen molar-refractivity contribution in [1.29, 1.82) is 0 Å². The van der Waals surface area contributed by atoms with Gasteiger partial charge >= 0.3 is 11.8 Å². The van der Waals surface area contributed by atoms with Gasteiger partial charge in [0, 0.05) is 15.4 Å². The number of hydrogen-bond donors (Lipinski definition) is 1. The summed E-state index contributed by atoms with van der Waals surface area (Å²) in [5.74, 6) is -1.97. The van der Waals surface area contributed by atoms with Crippen LogP contribution in [0.5, 0.6) is 0 Å². The minimum Gasteiger partial charge on any atom is -0.422 e. The number of carbonyl (C=O) groups excluding carboxylic acids is 1. The van der Waals surface area contributed by atoms with Crippen molar-refractivity contribution in [3.8, 4) is 11.1 Å². The van der Waals surface area contributed by atoms with Gasteiger partial charge < -0.3 is 9.73 Å². The van der Waals surface area contributed by atoms with E-state index >= 15 is 0 Å². The third kappa shape index (κ3) is 4.75. The fourth-order valence-corrected chi connectivity index (χ4v) is 4.01. The average Bonchev–Trinajstić information content (AvgIpc) is 2.77. The number of carbonyl (C=O) groups is 1. The van der Waals surface area contributed by atoms with E-state index in [0.717, 1.165) is 22.2 Å². The van der Waals surface area contributed by atoms with E-state index in [0.29, 0.717) is 28.2 Å². The summed E-state index contributed by atoms with van der Waals surface area (Å²) in [6.45, 7) is 1.83. The zero-order valence-electron chi connectivity index (χ0n) is 17.6. The van der Waals surface area contributed by atoms with Gasteiger partial charge in [-0.3, -0.25) is 4.79 Å². The van der Waals surface area contributed by atoms with Gasteiger partial charge in [-0.1, -0.05) is 46.3 Å². The molecule has 0 saturated heterocycles. The van der Waals surface area contributed by atoms with Gasteiger partial charge in [-0.2, -0.15) is 13.2 Å². The van der Waals surface area contributed by atoms with Crippen LogP contribution in [0.3, 0.4) is 0 Å². The van der Waals surface area contributed by atoms with E-state index in [4.69, 9.17) is 4.42 Å². The van der Waals surface area contributed by atoms with Crippen LogP contribution >= 0.6 is 15.9 Å². The maximum absolute atomic E-state index is 13.4. The Balaban J connectivity index is 1.82. The highest BCUT2D eigenvalue weighted by atomic mass is 79.9. The van der Waals surface area contributed by atoms with E-state index in [2.05, 4.69) is 21.2 Å². The van der Waals surface area contributed by atoms with Crippen molar-refractivity contribution in [2.24, 2.45) is 0 Å². The zero-order valence-corrected chi connectivity index (χ0v) is 19.2. The summed E-state index contributed by atoms with van der Waals surface area (Å²) in [5, 5.41) is 2.71. The first-order valence-electron chi connectivity index (χ1n) is 10.0. The van der Waals surface area contributed by atoms with Crippen molar-refractivity contribution >= 4 is 38.5 Å². The summed E-state index contributed by atoms with van der Waals surface area (Å²) >= 11 is 3.46. The number of amides is 1. The Bertz CT molecular complexity index is 1460. The molecule has 0 aliphatic rings. The van der Waals surface area contributed by atoms with Crippen LogP contribution in [0.4, 0.5) is 23.2 Å². The third-order valence-corrected chi connectivity index (χ3v) is 6.10. The van der Waals surface area contributed by atoms with Gasteiger partial charge in [0.05, 0.1) is 23.2 Å². The highest BCUT2D eigenvalue weighted by Crippen LogP contribution is 2.36. The number of fused-ring (bicyclic) bond motifs is 1. The Morgan fingerprint density at radius 1 is 1.06 bits per heavy atom. The lowest BCUT2D eigenvalue weighted by Crippen LogP contribution is -2.22. The molecule has 0 saturated carbocycles. The predicted molar refractivity (Wildman–Crippen MR) is 124 cm³/mol. The molecular weight excluding hydrogens is 518 g/mol. The summed E-state index contributed by atoms with van der Waals surface area (Å²) in [6, 6.07) is 14.2. The molecule has 0 bridgehead atoms. The van der Waals surface area contributed by atoms with Gasteiger partial charge in [-0.15, -0.1) is 0 Å². The minimum atomic E-state index is -4.88. The fourth-order valence-electron chi connectivity index (χ4n) is 3.67. The van der Waals surface area contributed by atoms with E-state index in [-0.39, 0.29) is 5.56 Å². The van der Waals surface area contributed by atoms with E-state index in [1.165, 1.54) is 0 Å². The van der Waals surface area contributed by atoms with Crippen LogP contribution in [0.15, 0.2) is 74.3 Å². The molecule has 0 atom stereocenters. The summed E-state index contributed by atoms with van der Waals surface area (Å²) in [4.78, 5) is 25.7. The Morgan fingerprint density at radius 3 is 2.44 bits per heavy atom. The Labute approximate surface area is 199 Å². The molecule has 4 rings (SSSR count). The van der Waals surface area contributed by atoms with Gasteiger partial charge in [0.1, 0.15) is 11.4 Å². The number of halogens is 5. The molecule has 4 nitrogen and oxygen atoms in total. The molecule has 0 aliphatic heterocycles. The summed E-state index contributed by atoms with van der Waals surface area (Å²) in [6.07, 6.45) is -5.44. The van der Waals surface area contributed by atoms with Crippen molar-refractivity contribution in [3.63, 3.8) is 0 Å². The number of benzene rings is 3. The fraction of sp³-hybridized carbons (Fsp3) is 0.120. The van der Waals surface area contributed by atoms with Gasteiger partial charge in [0.2, 0.25) is 5.91 Å². The molecule has 4 aromatic rings. The molecule has 0 spiro atoms. The molecule has 0 fully saturated rings. The zero-order chi connectivity index (χ0) is 24.6. The number of anilines is 1. The van der Waals surface area contributed by atoms with E-state index in [9.17, 15) is 27.2 Å². The van der Waals surface area contributed by atoms with Crippen LogP contribution in [0.1, 0.15) is 16.7 Å². The monoisotopic (exact) mass is 533 g/mol. The molecule has 3 aromatic carbocycles. The second-order valence-electron chi connectivity index (χ2n) is 7.62. The standard InChI is InChI=1S/C25H16BrF4NO3/c1-13-9-21-16(11-19(13)26)23(14-5-3-2-4-6-14)17(24(33)34-21)12-22(32)31-20-8-7-15(27)10-18(20)25(28,29)30/h2-11H,12H2,1H3,(H,31,32). The smallest absolute Gasteiger partial charge is 0.418 e. The lowest BCUT2D eigenvalue weighted by Gasteiger charge is -2.15. The van der Waals surface area contributed by atoms with Gasteiger partial charge in [-0.05, 0) is 48.4 Å². The molecular formula is C25H16BrF4NO3. The van der Waals surface area contributed by atoms with Crippen LogP contribution in [0, 0.1) is 12.7 Å². The average molecular weight is 534 g/mol. The molecule has 174 valence electrons. The number of rotatable bonds is 4. The number of hydrogen-bond acceptors (Lipinski definition) is 3. The van der Waals surface area contributed by atoms with Crippen molar-refractivity contribution in [1.82, 2.24) is 0 Å². The number of aryl methyl sites for hydroxylation is 1. The Hall–Kier alpha value is -3.46. The summed E-state index contributed by atoms with van der Waals surface area (Å²) in [5.41, 5.74) is -0.504. The van der Waals surface area contributed by atoms with Crippen molar-refractivity contribution < 1.29 is 26.8 Å². The summed E-state index contributed by atoms with van der Waals surface area (Å²) < 4.78 is 59.5. The second-order valence-corrected chi connectivity index (χ2v) is 8.47. The molecule has 1 N–H and O–H groups in total. The maximum Gasteiger partial charge on any atom is 0.418 e. The minimum absolute atomic E-state index is 0.0115. The van der Waals surface area contributed by atoms with E-state index in [1.54, 1.807) is 42.5 Å². The molecule has 34 heavy (non-hydrogen) atoms. The number of alkyl halides is 3. The molecule has 0 aliphatic carbocycles. The summed E-state index contributed by atoms with van der Waals surface area (Å²) in [7, 11) is 0. The van der Waals surface area contributed by atoms with Gasteiger partial charge in [-0.25, -0.2) is 9.18 Å². The topological polar surface area (TPSA) is 59.3 Å². The first-order chi connectivity index (χ1) is 16.0. The highest BCUT2D eigenvalue weighted by molar-refractivity contribution is 9.10. The second kappa shape index (κ2) is 9.06.